The zero-order chi connectivity index (χ0) is 13.0. The molecule has 0 atom stereocenters. The summed E-state index contributed by atoms with van der Waals surface area (Å²) < 4.78 is 6.92. The van der Waals surface area contributed by atoms with Crippen LogP contribution in [-0.4, -0.2) is 27.1 Å². The lowest BCUT2D eigenvalue weighted by Crippen LogP contribution is -2.07. The van der Waals surface area contributed by atoms with Gasteiger partial charge in [-0.3, -0.25) is 4.79 Å². The van der Waals surface area contributed by atoms with E-state index in [1.165, 1.54) is 11.3 Å². The fourth-order valence-electron chi connectivity index (χ4n) is 1.62. The van der Waals surface area contributed by atoms with Crippen molar-refractivity contribution in [1.82, 2.24) is 14.5 Å². The van der Waals surface area contributed by atoms with E-state index < -0.39 is 0 Å². The number of carbonyl (C=O) groups excluding carboxylic acids is 1. The van der Waals surface area contributed by atoms with Gasteiger partial charge in [0.25, 0.3) is 0 Å². The third kappa shape index (κ3) is 2.76. The van der Waals surface area contributed by atoms with Crippen LogP contribution in [0.3, 0.4) is 0 Å². The number of thiazole rings is 1. The van der Waals surface area contributed by atoms with Crippen molar-refractivity contribution in [3.8, 4) is 10.7 Å². The summed E-state index contributed by atoms with van der Waals surface area (Å²) in [5.74, 6) is -0.238. The van der Waals surface area contributed by atoms with E-state index >= 15 is 0 Å². The molecule has 0 spiro atoms. The van der Waals surface area contributed by atoms with Crippen molar-refractivity contribution in [3.63, 3.8) is 0 Å². The first-order valence-electron chi connectivity index (χ1n) is 5.85. The summed E-state index contributed by atoms with van der Waals surface area (Å²) in [6.07, 6.45) is 3.79. The molecule has 0 unspecified atom stereocenters. The molecule has 0 fully saturated rings. The van der Waals surface area contributed by atoms with Gasteiger partial charge in [-0.05, 0) is 13.8 Å². The van der Waals surface area contributed by atoms with E-state index in [1.807, 2.05) is 9.95 Å². The Kier molecular flexibility index (Phi) is 4.09. The molecule has 0 aromatic carbocycles. The summed E-state index contributed by atoms with van der Waals surface area (Å²) in [5.41, 5.74) is 1.73. The molecule has 0 bridgehead atoms. The van der Waals surface area contributed by atoms with Gasteiger partial charge in [0.15, 0.2) is 0 Å². The van der Waals surface area contributed by atoms with Crippen LogP contribution in [0.4, 0.5) is 0 Å². The van der Waals surface area contributed by atoms with Crippen LogP contribution in [0.25, 0.3) is 10.7 Å². The van der Waals surface area contributed by atoms with Crippen molar-refractivity contribution in [2.45, 2.75) is 26.8 Å². The van der Waals surface area contributed by atoms with Crippen molar-refractivity contribution in [2.75, 3.05) is 6.61 Å². The molecule has 2 heterocycles. The van der Waals surface area contributed by atoms with Gasteiger partial charge in [-0.25, -0.2) is 9.97 Å². The highest BCUT2D eigenvalue weighted by atomic mass is 32.1. The van der Waals surface area contributed by atoms with Crippen molar-refractivity contribution < 1.29 is 9.53 Å². The Morgan fingerprint density at radius 2 is 2.33 bits per heavy atom. The van der Waals surface area contributed by atoms with Gasteiger partial charge in [-0.2, -0.15) is 0 Å². The second-order valence-electron chi connectivity index (χ2n) is 3.69. The minimum absolute atomic E-state index is 0.227. The van der Waals surface area contributed by atoms with Gasteiger partial charge in [0.1, 0.15) is 5.01 Å². The number of esters is 1. The number of aryl methyl sites for hydroxylation is 1. The monoisotopic (exact) mass is 265 g/mol. The maximum atomic E-state index is 11.4. The number of imidazole rings is 1. The summed E-state index contributed by atoms with van der Waals surface area (Å²) in [4.78, 5) is 19.9. The smallest absolute Gasteiger partial charge is 0.311 e. The van der Waals surface area contributed by atoms with Gasteiger partial charge in [-0.15, -0.1) is 11.3 Å². The summed E-state index contributed by atoms with van der Waals surface area (Å²) in [7, 11) is 0. The SMILES string of the molecule is CCOC(=O)Cc1csc(-c2cncn2CC)n1. The number of ether oxygens (including phenoxy) is 1. The highest BCUT2D eigenvalue weighted by molar-refractivity contribution is 7.13. The molecule has 2 rings (SSSR count). The number of rotatable bonds is 5. The van der Waals surface area contributed by atoms with Crippen molar-refractivity contribution in [3.05, 3.63) is 23.6 Å². The standard InChI is InChI=1S/C12H15N3O2S/c1-3-15-8-13-6-10(15)12-14-9(7-18-12)5-11(16)17-4-2/h6-8H,3-5H2,1-2H3. The van der Waals surface area contributed by atoms with Crippen LogP contribution in [0.1, 0.15) is 19.5 Å². The maximum absolute atomic E-state index is 11.4. The van der Waals surface area contributed by atoms with Crippen LogP contribution in [0.15, 0.2) is 17.9 Å². The molecule has 5 nitrogen and oxygen atoms in total. The van der Waals surface area contributed by atoms with Gasteiger partial charge in [0.05, 0.1) is 36.9 Å². The molecular formula is C12H15N3O2S. The highest BCUT2D eigenvalue weighted by Crippen LogP contribution is 2.23. The first-order valence-corrected chi connectivity index (χ1v) is 6.73. The molecule has 0 saturated carbocycles. The lowest BCUT2D eigenvalue weighted by molar-refractivity contribution is -0.142. The van der Waals surface area contributed by atoms with Gasteiger partial charge >= 0.3 is 5.97 Å². The molecule has 0 aliphatic rings. The lowest BCUT2D eigenvalue weighted by Gasteiger charge is -2.00. The molecule has 0 saturated heterocycles. The molecular weight excluding hydrogens is 250 g/mol. The van der Waals surface area contributed by atoms with Gasteiger partial charge < -0.3 is 9.30 Å². The molecule has 96 valence electrons. The highest BCUT2D eigenvalue weighted by Gasteiger charge is 2.11. The van der Waals surface area contributed by atoms with Crippen LogP contribution in [0.2, 0.25) is 0 Å². The minimum atomic E-state index is -0.238. The zero-order valence-corrected chi connectivity index (χ0v) is 11.2. The minimum Gasteiger partial charge on any atom is -0.466 e. The topological polar surface area (TPSA) is 57.0 Å². The first kappa shape index (κ1) is 12.8. The quantitative estimate of drug-likeness (QED) is 0.777. The van der Waals surface area contributed by atoms with Crippen LogP contribution < -0.4 is 0 Å². The van der Waals surface area contributed by atoms with E-state index in [9.17, 15) is 4.79 Å². The predicted molar refractivity (Wildman–Crippen MR) is 69.3 cm³/mol. The molecule has 0 aliphatic carbocycles. The van der Waals surface area contributed by atoms with E-state index in [2.05, 4.69) is 16.9 Å². The van der Waals surface area contributed by atoms with Crippen molar-refractivity contribution in [1.29, 1.82) is 0 Å². The fourth-order valence-corrected chi connectivity index (χ4v) is 2.46. The molecule has 2 aromatic heterocycles. The largest absolute Gasteiger partial charge is 0.466 e. The Morgan fingerprint density at radius 1 is 1.50 bits per heavy atom. The predicted octanol–water partition coefficient (Wildman–Crippen LogP) is 2.13. The summed E-state index contributed by atoms with van der Waals surface area (Å²) in [5, 5.41) is 2.77. The van der Waals surface area contributed by atoms with E-state index in [1.54, 1.807) is 19.4 Å². The number of hydrogen-bond donors (Lipinski definition) is 0. The molecule has 0 amide bonds. The van der Waals surface area contributed by atoms with E-state index in [-0.39, 0.29) is 12.4 Å². The van der Waals surface area contributed by atoms with Crippen LogP contribution in [0.5, 0.6) is 0 Å². The average molecular weight is 265 g/mol. The van der Waals surface area contributed by atoms with Gasteiger partial charge in [0.2, 0.25) is 0 Å². The molecule has 0 radical (unpaired) electrons. The Hall–Kier alpha value is -1.69. The lowest BCUT2D eigenvalue weighted by atomic mass is 10.3. The van der Waals surface area contributed by atoms with Gasteiger partial charge in [0, 0.05) is 11.9 Å². The Morgan fingerprint density at radius 3 is 3.06 bits per heavy atom. The van der Waals surface area contributed by atoms with Crippen LogP contribution in [-0.2, 0) is 22.5 Å². The molecule has 18 heavy (non-hydrogen) atoms. The molecule has 0 aliphatic heterocycles. The number of aromatic nitrogens is 3. The Balaban J connectivity index is 2.13. The Bertz CT molecular complexity index is 533. The van der Waals surface area contributed by atoms with E-state index in [0.29, 0.717) is 6.61 Å². The number of hydrogen-bond acceptors (Lipinski definition) is 5. The second-order valence-corrected chi connectivity index (χ2v) is 4.55. The summed E-state index contributed by atoms with van der Waals surface area (Å²) >= 11 is 1.52. The normalized spacial score (nSPS) is 10.6. The molecule has 2 aromatic rings. The fraction of sp³-hybridized carbons (Fsp3) is 0.417. The van der Waals surface area contributed by atoms with E-state index in [4.69, 9.17) is 4.74 Å². The average Bonchev–Trinajstić information content (AvgIpc) is 2.96. The van der Waals surface area contributed by atoms with E-state index in [0.717, 1.165) is 22.9 Å². The third-order valence-electron chi connectivity index (χ3n) is 2.45. The Labute approximate surface area is 109 Å². The summed E-state index contributed by atoms with van der Waals surface area (Å²) in [6, 6.07) is 0. The maximum Gasteiger partial charge on any atom is 0.311 e. The van der Waals surface area contributed by atoms with Crippen molar-refractivity contribution in [2.24, 2.45) is 0 Å². The first-order chi connectivity index (χ1) is 8.74. The van der Waals surface area contributed by atoms with Crippen molar-refractivity contribution >= 4 is 17.3 Å². The number of nitrogens with zero attached hydrogens (tertiary/aromatic N) is 3. The van der Waals surface area contributed by atoms with Gasteiger partial charge in [-0.1, -0.05) is 0 Å². The summed E-state index contributed by atoms with van der Waals surface area (Å²) in [6.45, 7) is 5.10. The van der Waals surface area contributed by atoms with Crippen LogP contribution in [0, 0.1) is 0 Å². The zero-order valence-electron chi connectivity index (χ0n) is 10.4. The molecule has 6 heteroatoms. The number of carbonyl (C=O) groups is 1. The third-order valence-corrected chi connectivity index (χ3v) is 3.37. The van der Waals surface area contributed by atoms with Crippen LogP contribution >= 0.6 is 11.3 Å². The second kappa shape index (κ2) is 5.77. The molecule has 0 N–H and O–H groups in total.